The third kappa shape index (κ3) is 3.15. The van der Waals surface area contributed by atoms with Crippen LogP contribution in [-0.2, 0) is 16.1 Å². The highest BCUT2D eigenvalue weighted by molar-refractivity contribution is 8.18. The molecule has 3 heterocycles. The molecule has 4 rings (SSSR count). The number of carbonyl (C=O) groups excluding carboxylic acids is 1. The lowest BCUT2D eigenvalue weighted by atomic mass is 10.1. The molecule has 0 bridgehead atoms. The minimum atomic E-state index is -0.160. The van der Waals surface area contributed by atoms with Crippen molar-refractivity contribution in [2.24, 2.45) is 4.99 Å². The van der Waals surface area contributed by atoms with E-state index in [1.54, 1.807) is 0 Å². The van der Waals surface area contributed by atoms with Crippen LogP contribution in [0.1, 0.15) is 5.56 Å². The van der Waals surface area contributed by atoms with Gasteiger partial charge in [0.05, 0.1) is 18.1 Å². The van der Waals surface area contributed by atoms with Crippen LogP contribution in [0.4, 0.5) is 0 Å². The predicted octanol–water partition coefficient (Wildman–Crippen LogP) is 3.13. The van der Waals surface area contributed by atoms with Gasteiger partial charge in [-0.3, -0.25) is 4.79 Å². The SMILES string of the molecule is C=CCn1cc(/C=C2/SC(N3CCOCC3)=NC2=O)c2ccccc21. The number of hydrogen-bond donors (Lipinski definition) is 0. The van der Waals surface area contributed by atoms with Crippen LogP contribution >= 0.6 is 11.8 Å². The molecule has 6 heteroatoms. The molecule has 1 fully saturated rings. The average molecular weight is 353 g/mol. The molecule has 1 aromatic heterocycles. The van der Waals surface area contributed by atoms with Gasteiger partial charge in [0.1, 0.15) is 0 Å². The van der Waals surface area contributed by atoms with E-state index >= 15 is 0 Å². The number of carbonyl (C=O) groups is 1. The Kier molecular flexibility index (Phi) is 4.46. The highest BCUT2D eigenvalue weighted by Gasteiger charge is 2.27. The van der Waals surface area contributed by atoms with Crippen LogP contribution in [0.3, 0.4) is 0 Å². The van der Waals surface area contributed by atoms with E-state index in [1.165, 1.54) is 11.8 Å². The molecule has 0 unspecified atom stereocenters. The fourth-order valence-electron chi connectivity index (χ4n) is 3.11. The number of benzene rings is 1. The van der Waals surface area contributed by atoms with E-state index in [4.69, 9.17) is 4.74 Å². The number of amidine groups is 1. The Hall–Kier alpha value is -2.31. The quantitative estimate of drug-likeness (QED) is 0.628. The zero-order valence-corrected chi connectivity index (χ0v) is 14.7. The van der Waals surface area contributed by atoms with Gasteiger partial charge in [-0.2, -0.15) is 4.99 Å². The van der Waals surface area contributed by atoms with Gasteiger partial charge >= 0.3 is 0 Å². The molecule has 2 aliphatic heterocycles. The molecule has 128 valence electrons. The van der Waals surface area contributed by atoms with Crippen LogP contribution in [0.5, 0.6) is 0 Å². The highest BCUT2D eigenvalue weighted by Crippen LogP contribution is 2.32. The predicted molar refractivity (Wildman–Crippen MR) is 103 cm³/mol. The summed E-state index contributed by atoms with van der Waals surface area (Å²) in [6, 6.07) is 8.20. The lowest BCUT2D eigenvalue weighted by Crippen LogP contribution is -2.38. The number of allylic oxidation sites excluding steroid dienone is 1. The second-order valence-corrected chi connectivity index (χ2v) is 6.96. The fourth-order valence-corrected chi connectivity index (χ4v) is 4.07. The Morgan fingerprint density at radius 2 is 2.08 bits per heavy atom. The van der Waals surface area contributed by atoms with Crippen LogP contribution < -0.4 is 0 Å². The second kappa shape index (κ2) is 6.90. The Bertz CT molecular complexity index is 891. The molecule has 2 aromatic rings. The van der Waals surface area contributed by atoms with E-state index < -0.39 is 0 Å². The van der Waals surface area contributed by atoms with Crippen molar-refractivity contribution in [2.45, 2.75) is 6.54 Å². The van der Waals surface area contributed by atoms with Gasteiger partial charge in [0.15, 0.2) is 5.17 Å². The lowest BCUT2D eigenvalue weighted by molar-refractivity contribution is -0.113. The van der Waals surface area contributed by atoms with Crippen molar-refractivity contribution in [2.75, 3.05) is 26.3 Å². The Morgan fingerprint density at radius 1 is 1.28 bits per heavy atom. The first kappa shape index (κ1) is 16.2. The third-order valence-electron chi connectivity index (χ3n) is 4.32. The Balaban J connectivity index is 1.64. The summed E-state index contributed by atoms with van der Waals surface area (Å²) in [6.45, 7) is 7.49. The van der Waals surface area contributed by atoms with Crippen molar-refractivity contribution < 1.29 is 9.53 Å². The molecule has 0 saturated carbocycles. The van der Waals surface area contributed by atoms with Crippen LogP contribution in [-0.4, -0.2) is 46.8 Å². The molecule has 0 atom stereocenters. The van der Waals surface area contributed by atoms with Crippen LogP contribution in [0.2, 0.25) is 0 Å². The molecular formula is C19H19N3O2S. The largest absolute Gasteiger partial charge is 0.378 e. The number of nitrogens with zero attached hydrogens (tertiary/aromatic N) is 3. The lowest BCUT2D eigenvalue weighted by Gasteiger charge is -2.27. The van der Waals surface area contributed by atoms with Gasteiger partial charge in [-0.15, -0.1) is 6.58 Å². The van der Waals surface area contributed by atoms with Gasteiger partial charge in [-0.1, -0.05) is 24.3 Å². The molecular weight excluding hydrogens is 334 g/mol. The molecule has 0 radical (unpaired) electrons. The summed E-state index contributed by atoms with van der Waals surface area (Å²) in [5.74, 6) is -0.160. The van der Waals surface area contributed by atoms with Crippen molar-refractivity contribution >= 4 is 39.8 Å². The molecule has 0 aliphatic carbocycles. The Morgan fingerprint density at radius 3 is 2.88 bits per heavy atom. The van der Waals surface area contributed by atoms with Gasteiger partial charge in [0.25, 0.3) is 5.91 Å². The molecule has 1 amide bonds. The summed E-state index contributed by atoms with van der Waals surface area (Å²) < 4.78 is 7.51. The maximum Gasteiger partial charge on any atom is 0.286 e. The zero-order chi connectivity index (χ0) is 17.2. The van der Waals surface area contributed by atoms with Gasteiger partial charge in [-0.25, -0.2) is 0 Å². The molecule has 0 N–H and O–H groups in total. The monoisotopic (exact) mass is 353 g/mol. The summed E-state index contributed by atoms with van der Waals surface area (Å²) in [6.07, 6.45) is 5.89. The van der Waals surface area contributed by atoms with E-state index in [0.29, 0.717) is 18.1 Å². The highest BCUT2D eigenvalue weighted by atomic mass is 32.2. The minimum Gasteiger partial charge on any atom is -0.378 e. The van der Waals surface area contributed by atoms with Crippen LogP contribution in [0, 0.1) is 0 Å². The number of hydrogen-bond acceptors (Lipinski definition) is 4. The first-order chi connectivity index (χ1) is 12.3. The van der Waals surface area contributed by atoms with Crippen molar-refractivity contribution in [1.29, 1.82) is 0 Å². The summed E-state index contributed by atoms with van der Waals surface area (Å²) in [5, 5.41) is 1.92. The number of fused-ring (bicyclic) bond motifs is 1. The van der Waals surface area contributed by atoms with Crippen molar-refractivity contribution in [3.05, 3.63) is 53.6 Å². The number of amides is 1. The number of rotatable bonds is 3. The van der Waals surface area contributed by atoms with Crippen molar-refractivity contribution in [1.82, 2.24) is 9.47 Å². The topological polar surface area (TPSA) is 46.8 Å². The molecule has 1 aromatic carbocycles. The minimum absolute atomic E-state index is 0.160. The van der Waals surface area contributed by atoms with Gasteiger partial charge in [-0.05, 0) is 23.9 Å². The smallest absolute Gasteiger partial charge is 0.286 e. The van der Waals surface area contributed by atoms with E-state index in [9.17, 15) is 4.79 Å². The fraction of sp³-hybridized carbons (Fsp3) is 0.263. The van der Waals surface area contributed by atoms with Gasteiger partial charge in [0, 0.05) is 42.3 Å². The summed E-state index contributed by atoms with van der Waals surface area (Å²) in [5.41, 5.74) is 2.17. The Labute approximate surface area is 150 Å². The standard InChI is InChI=1S/C19H19N3O2S/c1-2-7-22-13-14(15-5-3-4-6-16(15)22)12-17-18(23)20-19(25-17)21-8-10-24-11-9-21/h2-6,12-13H,1,7-11H2/b17-12+. The summed E-state index contributed by atoms with van der Waals surface area (Å²) in [4.78, 5) is 19.4. The van der Waals surface area contributed by atoms with Crippen LogP contribution in [0.25, 0.3) is 17.0 Å². The maximum atomic E-state index is 12.3. The molecule has 0 spiro atoms. The number of thioether (sulfide) groups is 1. The zero-order valence-electron chi connectivity index (χ0n) is 13.9. The van der Waals surface area contributed by atoms with E-state index in [2.05, 4.69) is 39.4 Å². The number of ether oxygens (including phenoxy) is 1. The molecule has 2 aliphatic rings. The maximum absolute atomic E-state index is 12.3. The molecule has 1 saturated heterocycles. The molecule has 25 heavy (non-hydrogen) atoms. The van der Waals surface area contributed by atoms with E-state index in [0.717, 1.165) is 41.3 Å². The number of aliphatic imine (C=N–C) groups is 1. The second-order valence-electron chi connectivity index (χ2n) is 5.95. The van der Waals surface area contributed by atoms with E-state index in [1.807, 2.05) is 24.3 Å². The number of para-hydroxylation sites is 1. The first-order valence-electron chi connectivity index (χ1n) is 8.30. The van der Waals surface area contributed by atoms with Crippen molar-refractivity contribution in [3.8, 4) is 0 Å². The molecule has 5 nitrogen and oxygen atoms in total. The number of morpholine rings is 1. The summed E-state index contributed by atoms with van der Waals surface area (Å²) >= 11 is 1.45. The third-order valence-corrected chi connectivity index (χ3v) is 5.37. The van der Waals surface area contributed by atoms with Gasteiger partial charge < -0.3 is 14.2 Å². The van der Waals surface area contributed by atoms with E-state index in [-0.39, 0.29) is 5.91 Å². The van der Waals surface area contributed by atoms with Crippen LogP contribution in [0.15, 0.2) is 53.0 Å². The first-order valence-corrected chi connectivity index (χ1v) is 9.12. The van der Waals surface area contributed by atoms with Gasteiger partial charge in [0.2, 0.25) is 0 Å². The normalized spacial score (nSPS) is 19.7. The summed E-state index contributed by atoms with van der Waals surface area (Å²) in [7, 11) is 0. The number of aromatic nitrogens is 1. The average Bonchev–Trinajstić information content (AvgIpc) is 3.18. The van der Waals surface area contributed by atoms with Crippen molar-refractivity contribution in [3.63, 3.8) is 0 Å².